The van der Waals surface area contributed by atoms with Gasteiger partial charge in [-0.05, 0) is 19.9 Å². The van der Waals surface area contributed by atoms with Gasteiger partial charge < -0.3 is 4.57 Å². The molecule has 3 heteroatoms. The van der Waals surface area contributed by atoms with Crippen LogP contribution in [0.25, 0.3) is 10.1 Å². The summed E-state index contributed by atoms with van der Waals surface area (Å²) in [7, 11) is 1.79. The van der Waals surface area contributed by atoms with Crippen molar-refractivity contribution in [2.45, 2.75) is 13.8 Å². The molecule has 13 heavy (non-hydrogen) atoms. The second kappa shape index (κ2) is 2.70. The Morgan fingerprint density at radius 1 is 1.38 bits per heavy atom. The number of rotatable bonds is 0. The van der Waals surface area contributed by atoms with Gasteiger partial charge in [-0.25, -0.2) is 0 Å². The lowest BCUT2D eigenvalue weighted by molar-refractivity contribution is 0.861. The first kappa shape index (κ1) is 8.51. The van der Waals surface area contributed by atoms with Crippen molar-refractivity contribution >= 4 is 21.4 Å². The lowest BCUT2D eigenvalue weighted by Gasteiger charge is -1.99. The quantitative estimate of drug-likeness (QED) is 0.628. The van der Waals surface area contributed by atoms with Gasteiger partial charge in [0, 0.05) is 33.8 Å². The van der Waals surface area contributed by atoms with Crippen LogP contribution in [0.3, 0.4) is 0 Å². The van der Waals surface area contributed by atoms with Crippen molar-refractivity contribution < 1.29 is 0 Å². The summed E-state index contributed by atoms with van der Waals surface area (Å²) >= 11 is 1.69. The van der Waals surface area contributed by atoms with Crippen LogP contribution in [0.1, 0.15) is 10.4 Å². The number of aromatic nitrogens is 1. The molecule has 0 bridgehead atoms. The highest BCUT2D eigenvalue weighted by molar-refractivity contribution is 7.19. The highest BCUT2D eigenvalue weighted by atomic mass is 32.1. The van der Waals surface area contributed by atoms with Gasteiger partial charge in [0.05, 0.1) is 0 Å². The fraction of sp³-hybridized carbons (Fsp3) is 0.300. The van der Waals surface area contributed by atoms with Crippen molar-refractivity contribution in [2.24, 2.45) is 7.05 Å². The Labute approximate surface area is 80.4 Å². The second-order valence-corrected chi connectivity index (χ2v) is 4.57. The molecule has 2 rings (SSSR count). The summed E-state index contributed by atoms with van der Waals surface area (Å²) < 4.78 is 2.77. The zero-order valence-corrected chi connectivity index (χ0v) is 8.73. The molecule has 0 aromatic carbocycles. The molecule has 0 amide bonds. The van der Waals surface area contributed by atoms with Gasteiger partial charge in [0.1, 0.15) is 0 Å². The molecule has 0 aliphatic carbocycles. The van der Waals surface area contributed by atoms with E-state index in [-0.39, 0.29) is 5.56 Å². The van der Waals surface area contributed by atoms with Crippen LogP contribution in [0.2, 0.25) is 0 Å². The van der Waals surface area contributed by atoms with E-state index in [4.69, 9.17) is 0 Å². The maximum absolute atomic E-state index is 11.6. The number of thiophene rings is 1. The van der Waals surface area contributed by atoms with Crippen molar-refractivity contribution in [3.05, 3.63) is 33.1 Å². The van der Waals surface area contributed by atoms with Crippen molar-refractivity contribution in [3.8, 4) is 0 Å². The smallest absolute Gasteiger partial charge is 0.254 e. The minimum atomic E-state index is 0.106. The average Bonchev–Trinajstić information content (AvgIpc) is 2.42. The largest absolute Gasteiger partial charge is 0.318 e. The molecule has 0 aliphatic heterocycles. The fourth-order valence-electron chi connectivity index (χ4n) is 1.55. The van der Waals surface area contributed by atoms with Crippen LogP contribution in [-0.2, 0) is 7.05 Å². The second-order valence-electron chi connectivity index (χ2n) is 3.31. The van der Waals surface area contributed by atoms with Crippen molar-refractivity contribution in [1.29, 1.82) is 0 Å². The molecular weight excluding hydrogens is 182 g/mol. The van der Waals surface area contributed by atoms with Gasteiger partial charge in [0.15, 0.2) is 0 Å². The topological polar surface area (TPSA) is 22.0 Å². The summed E-state index contributed by atoms with van der Waals surface area (Å²) in [5.41, 5.74) is 0.965. The van der Waals surface area contributed by atoms with E-state index in [9.17, 15) is 4.79 Å². The lowest BCUT2D eigenvalue weighted by Crippen LogP contribution is -2.17. The molecule has 0 saturated carbocycles. The van der Waals surface area contributed by atoms with Gasteiger partial charge in [-0.15, -0.1) is 11.3 Å². The Hall–Kier alpha value is -1.09. The average molecular weight is 193 g/mol. The fourth-order valence-corrected chi connectivity index (χ4v) is 2.53. The molecule has 0 spiro atoms. The molecule has 68 valence electrons. The number of pyridine rings is 1. The number of hydrogen-bond acceptors (Lipinski definition) is 2. The molecule has 0 fully saturated rings. The summed E-state index contributed by atoms with van der Waals surface area (Å²) in [6.45, 7) is 3.95. The summed E-state index contributed by atoms with van der Waals surface area (Å²) in [5.74, 6) is 0. The minimum absolute atomic E-state index is 0.106. The molecule has 0 atom stereocenters. The van der Waals surface area contributed by atoms with Crippen LogP contribution in [0.5, 0.6) is 0 Å². The number of nitrogens with zero attached hydrogens (tertiary/aromatic N) is 1. The Morgan fingerprint density at radius 3 is 2.77 bits per heavy atom. The standard InChI is InChI=1S/C10H11NOS/c1-6-4-8-5-11(3)10(12)7(2)9(8)13-6/h4-5H,1-3H3. The zero-order chi connectivity index (χ0) is 9.59. The van der Waals surface area contributed by atoms with Gasteiger partial charge in [0.25, 0.3) is 5.56 Å². The minimum Gasteiger partial charge on any atom is -0.318 e. The van der Waals surface area contributed by atoms with Gasteiger partial charge in [-0.2, -0.15) is 0 Å². The summed E-state index contributed by atoms with van der Waals surface area (Å²) in [4.78, 5) is 12.8. The number of hydrogen-bond donors (Lipinski definition) is 0. The van der Waals surface area contributed by atoms with Gasteiger partial charge in [0.2, 0.25) is 0 Å². The van der Waals surface area contributed by atoms with Crippen LogP contribution in [0.4, 0.5) is 0 Å². The molecule has 2 aromatic heterocycles. The Bertz CT molecular complexity index is 521. The molecule has 0 N–H and O–H groups in total. The van der Waals surface area contributed by atoms with E-state index in [1.54, 1.807) is 23.0 Å². The number of fused-ring (bicyclic) bond motifs is 1. The highest BCUT2D eigenvalue weighted by Crippen LogP contribution is 2.25. The van der Waals surface area contributed by atoms with Crippen LogP contribution in [-0.4, -0.2) is 4.57 Å². The molecule has 0 aliphatic rings. The third-order valence-corrected chi connectivity index (χ3v) is 3.38. The third-order valence-electron chi connectivity index (χ3n) is 2.20. The first-order chi connectivity index (χ1) is 6.09. The van der Waals surface area contributed by atoms with Gasteiger partial charge in [-0.1, -0.05) is 0 Å². The summed E-state index contributed by atoms with van der Waals surface area (Å²) in [5, 5.41) is 1.17. The zero-order valence-electron chi connectivity index (χ0n) is 7.92. The van der Waals surface area contributed by atoms with E-state index >= 15 is 0 Å². The summed E-state index contributed by atoms with van der Waals surface area (Å²) in [6, 6.07) is 2.12. The molecule has 0 saturated heterocycles. The van der Waals surface area contributed by atoms with Crippen LogP contribution in [0.15, 0.2) is 17.1 Å². The van der Waals surface area contributed by atoms with E-state index in [1.165, 1.54) is 10.3 Å². The van der Waals surface area contributed by atoms with Crippen LogP contribution < -0.4 is 5.56 Å². The number of aryl methyl sites for hydroxylation is 3. The molecule has 2 heterocycles. The molecule has 2 aromatic rings. The van der Waals surface area contributed by atoms with E-state index in [0.29, 0.717) is 0 Å². The summed E-state index contributed by atoms with van der Waals surface area (Å²) in [6.07, 6.45) is 1.90. The maximum Gasteiger partial charge on any atom is 0.254 e. The Kier molecular flexibility index (Phi) is 1.77. The molecular formula is C10H11NOS. The Balaban J connectivity index is 3.01. The van der Waals surface area contributed by atoms with E-state index < -0.39 is 0 Å². The van der Waals surface area contributed by atoms with Crippen molar-refractivity contribution in [3.63, 3.8) is 0 Å². The monoisotopic (exact) mass is 193 g/mol. The normalized spacial score (nSPS) is 11.0. The SMILES string of the molecule is Cc1cc2cn(C)c(=O)c(C)c2s1. The highest BCUT2D eigenvalue weighted by Gasteiger charge is 2.06. The Morgan fingerprint density at radius 2 is 2.08 bits per heavy atom. The van der Waals surface area contributed by atoms with E-state index in [1.807, 2.05) is 13.1 Å². The van der Waals surface area contributed by atoms with Crippen LogP contribution >= 0.6 is 11.3 Å². The molecule has 0 unspecified atom stereocenters. The van der Waals surface area contributed by atoms with Gasteiger partial charge >= 0.3 is 0 Å². The van der Waals surface area contributed by atoms with Crippen LogP contribution in [0, 0.1) is 13.8 Å². The van der Waals surface area contributed by atoms with Crippen molar-refractivity contribution in [1.82, 2.24) is 4.57 Å². The van der Waals surface area contributed by atoms with E-state index in [0.717, 1.165) is 10.3 Å². The van der Waals surface area contributed by atoms with Crippen molar-refractivity contribution in [2.75, 3.05) is 0 Å². The first-order valence-electron chi connectivity index (χ1n) is 4.16. The molecule has 2 nitrogen and oxygen atoms in total. The predicted octanol–water partition coefficient (Wildman–Crippen LogP) is 2.22. The first-order valence-corrected chi connectivity index (χ1v) is 4.97. The van der Waals surface area contributed by atoms with E-state index in [2.05, 4.69) is 13.0 Å². The predicted molar refractivity (Wildman–Crippen MR) is 56.5 cm³/mol. The lowest BCUT2D eigenvalue weighted by atomic mass is 10.2. The van der Waals surface area contributed by atoms with Gasteiger partial charge in [-0.3, -0.25) is 4.79 Å². The maximum atomic E-state index is 11.6. The third kappa shape index (κ3) is 1.20. The molecule has 0 radical (unpaired) electrons.